The highest BCUT2D eigenvalue weighted by Crippen LogP contribution is 2.31. The molecule has 1 aromatic rings. The predicted octanol–water partition coefficient (Wildman–Crippen LogP) is 1.66. The maximum atomic E-state index is 9.05. The van der Waals surface area contributed by atoms with E-state index in [1.807, 2.05) is 26.0 Å². The van der Waals surface area contributed by atoms with Crippen molar-refractivity contribution in [3.05, 3.63) is 24.2 Å². The summed E-state index contributed by atoms with van der Waals surface area (Å²) in [6.45, 7) is 4.21. The second-order valence-corrected chi connectivity index (χ2v) is 3.88. The molecule has 0 amide bonds. The van der Waals surface area contributed by atoms with Crippen LogP contribution in [-0.2, 0) is 5.41 Å². The summed E-state index contributed by atoms with van der Waals surface area (Å²) in [5.41, 5.74) is 5.80. The number of aliphatic hydroxyl groups is 1. The van der Waals surface area contributed by atoms with Gasteiger partial charge in [0.2, 0.25) is 0 Å². The predicted molar refractivity (Wildman–Crippen MR) is 56.0 cm³/mol. The molecule has 3 nitrogen and oxygen atoms in total. The van der Waals surface area contributed by atoms with Gasteiger partial charge in [-0.2, -0.15) is 0 Å². The molecule has 1 rings (SSSR count). The molecule has 14 heavy (non-hydrogen) atoms. The van der Waals surface area contributed by atoms with Crippen molar-refractivity contribution in [3.63, 3.8) is 0 Å². The normalized spacial score (nSPS) is 17.7. The van der Waals surface area contributed by atoms with Crippen LogP contribution in [0.3, 0.4) is 0 Å². The van der Waals surface area contributed by atoms with Gasteiger partial charge in [-0.05, 0) is 25.0 Å². The second-order valence-electron chi connectivity index (χ2n) is 3.88. The third-order valence-corrected chi connectivity index (χ3v) is 2.97. The zero-order valence-electron chi connectivity index (χ0n) is 8.86. The number of nitrogens with two attached hydrogens (primary N) is 1. The van der Waals surface area contributed by atoms with Crippen molar-refractivity contribution in [2.75, 3.05) is 6.61 Å². The molecular formula is C11H19NO2. The molecule has 2 atom stereocenters. The standard InChI is InChI=1S/C11H19NO2/c1-3-9(12)11(2,6-7-13)10-5-4-8-14-10/h4-5,8-9,13H,3,6-7,12H2,1-2H3. The molecule has 0 saturated heterocycles. The first-order valence-corrected chi connectivity index (χ1v) is 5.05. The largest absolute Gasteiger partial charge is 0.469 e. The van der Waals surface area contributed by atoms with Crippen molar-refractivity contribution in [1.29, 1.82) is 0 Å². The average molecular weight is 197 g/mol. The molecule has 0 bridgehead atoms. The topological polar surface area (TPSA) is 59.4 Å². The van der Waals surface area contributed by atoms with Gasteiger partial charge in [-0.25, -0.2) is 0 Å². The van der Waals surface area contributed by atoms with Crippen LogP contribution in [0.25, 0.3) is 0 Å². The Kier molecular flexibility index (Phi) is 3.72. The summed E-state index contributed by atoms with van der Waals surface area (Å²) in [5, 5.41) is 9.05. The summed E-state index contributed by atoms with van der Waals surface area (Å²) in [4.78, 5) is 0. The van der Waals surface area contributed by atoms with E-state index in [1.54, 1.807) is 6.26 Å². The Morgan fingerprint density at radius 2 is 2.36 bits per heavy atom. The molecule has 80 valence electrons. The van der Waals surface area contributed by atoms with Crippen LogP contribution in [0.2, 0.25) is 0 Å². The minimum atomic E-state index is -0.257. The quantitative estimate of drug-likeness (QED) is 0.754. The van der Waals surface area contributed by atoms with Crippen LogP contribution in [0, 0.1) is 0 Å². The molecule has 0 aliphatic carbocycles. The van der Waals surface area contributed by atoms with Crippen LogP contribution in [-0.4, -0.2) is 17.8 Å². The Morgan fingerprint density at radius 3 is 2.79 bits per heavy atom. The first-order chi connectivity index (χ1) is 6.65. The van der Waals surface area contributed by atoms with E-state index in [1.165, 1.54) is 0 Å². The molecule has 0 aromatic carbocycles. The maximum Gasteiger partial charge on any atom is 0.111 e. The van der Waals surface area contributed by atoms with Gasteiger partial charge in [-0.15, -0.1) is 0 Å². The van der Waals surface area contributed by atoms with Crippen molar-refractivity contribution in [3.8, 4) is 0 Å². The van der Waals surface area contributed by atoms with Crippen LogP contribution in [0.15, 0.2) is 22.8 Å². The van der Waals surface area contributed by atoms with Crippen molar-refractivity contribution < 1.29 is 9.52 Å². The van der Waals surface area contributed by atoms with E-state index < -0.39 is 0 Å². The smallest absolute Gasteiger partial charge is 0.111 e. The minimum Gasteiger partial charge on any atom is -0.469 e. The molecule has 0 aliphatic rings. The highest BCUT2D eigenvalue weighted by molar-refractivity contribution is 5.16. The lowest BCUT2D eigenvalue weighted by Gasteiger charge is -2.32. The van der Waals surface area contributed by atoms with Gasteiger partial charge in [-0.1, -0.05) is 13.8 Å². The molecular weight excluding hydrogens is 178 g/mol. The molecule has 0 fully saturated rings. The van der Waals surface area contributed by atoms with Crippen molar-refractivity contribution >= 4 is 0 Å². The molecule has 1 aromatic heterocycles. The van der Waals surface area contributed by atoms with Crippen molar-refractivity contribution in [2.24, 2.45) is 5.73 Å². The van der Waals surface area contributed by atoms with Crippen molar-refractivity contribution in [2.45, 2.75) is 38.1 Å². The number of hydrogen-bond donors (Lipinski definition) is 2. The van der Waals surface area contributed by atoms with Gasteiger partial charge in [-0.3, -0.25) is 0 Å². The van der Waals surface area contributed by atoms with E-state index in [0.29, 0.717) is 6.42 Å². The van der Waals surface area contributed by atoms with E-state index >= 15 is 0 Å². The SMILES string of the molecule is CCC(N)C(C)(CCO)c1ccco1. The monoisotopic (exact) mass is 197 g/mol. The Labute approximate surface area is 84.9 Å². The summed E-state index contributed by atoms with van der Waals surface area (Å²) >= 11 is 0. The van der Waals surface area contributed by atoms with E-state index in [4.69, 9.17) is 15.3 Å². The number of aliphatic hydroxyl groups excluding tert-OH is 1. The Bertz CT molecular complexity index is 258. The number of furan rings is 1. The summed E-state index contributed by atoms with van der Waals surface area (Å²) in [6.07, 6.45) is 3.15. The zero-order valence-corrected chi connectivity index (χ0v) is 8.86. The highest BCUT2D eigenvalue weighted by Gasteiger charge is 2.34. The summed E-state index contributed by atoms with van der Waals surface area (Å²) in [7, 11) is 0. The van der Waals surface area contributed by atoms with Gasteiger partial charge >= 0.3 is 0 Å². The highest BCUT2D eigenvalue weighted by atomic mass is 16.3. The Hall–Kier alpha value is -0.800. The van der Waals surface area contributed by atoms with Gasteiger partial charge in [0, 0.05) is 18.1 Å². The van der Waals surface area contributed by atoms with Crippen molar-refractivity contribution in [1.82, 2.24) is 0 Å². The lowest BCUT2D eigenvalue weighted by atomic mass is 9.76. The lowest BCUT2D eigenvalue weighted by molar-refractivity contribution is 0.202. The van der Waals surface area contributed by atoms with Crippen LogP contribution < -0.4 is 5.73 Å². The Morgan fingerprint density at radius 1 is 1.64 bits per heavy atom. The van der Waals surface area contributed by atoms with Crippen LogP contribution >= 0.6 is 0 Å². The number of hydrogen-bond acceptors (Lipinski definition) is 3. The zero-order chi connectivity index (χ0) is 10.6. The van der Waals surface area contributed by atoms with Gasteiger partial charge < -0.3 is 15.3 Å². The maximum absolute atomic E-state index is 9.05. The van der Waals surface area contributed by atoms with Gasteiger partial charge in [0.15, 0.2) is 0 Å². The lowest BCUT2D eigenvalue weighted by Crippen LogP contribution is -2.43. The fourth-order valence-corrected chi connectivity index (χ4v) is 1.78. The Balaban J connectivity index is 2.92. The van der Waals surface area contributed by atoms with Crippen LogP contribution in [0.1, 0.15) is 32.4 Å². The van der Waals surface area contributed by atoms with Crippen LogP contribution in [0.5, 0.6) is 0 Å². The molecule has 3 N–H and O–H groups in total. The molecule has 2 unspecified atom stereocenters. The van der Waals surface area contributed by atoms with Gasteiger partial charge in [0.05, 0.1) is 6.26 Å². The third kappa shape index (κ3) is 1.99. The minimum absolute atomic E-state index is 0.0146. The first-order valence-electron chi connectivity index (χ1n) is 5.05. The summed E-state index contributed by atoms with van der Waals surface area (Å²) in [5.74, 6) is 0.862. The fraction of sp³-hybridized carbons (Fsp3) is 0.636. The molecule has 0 aliphatic heterocycles. The molecule has 0 saturated carbocycles. The van der Waals surface area contributed by atoms with E-state index in [2.05, 4.69) is 0 Å². The molecule has 1 heterocycles. The first kappa shape index (κ1) is 11.3. The van der Waals surface area contributed by atoms with Crippen LogP contribution in [0.4, 0.5) is 0 Å². The van der Waals surface area contributed by atoms with E-state index in [9.17, 15) is 0 Å². The number of rotatable bonds is 5. The third-order valence-electron chi connectivity index (χ3n) is 2.97. The summed E-state index contributed by atoms with van der Waals surface area (Å²) in [6, 6.07) is 3.79. The molecule has 3 heteroatoms. The second kappa shape index (κ2) is 4.62. The van der Waals surface area contributed by atoms with Gasteiger partial charge in [0.25, 0.3) is 0 Å². The van der Waals surface area contributed by atoms with E-state index in [-0.39, 0.29) is 18.1 Å². The fourth-order valence-electron chi connectivity index (χ4n) is 1.78. The summed E-state index contributed by atoms with van der Waals surface area (Å²) < 4.78 is 5.38. The van der Waals surface area contributed by atoms with Gasteiger partial charge in [0.1, 0.15) is 5.76 Å². The average Bonchev–Trinajstić information content (AvgIpc) is 2.70. The van der Waals surface area contributed by atoms with E-state index in [0.717, 1.165) is 12.2 Å². The molecule has 0 spiro atoms. The molecule has 0 radical (unpaired) electrons.